The molecule has 1 N–H and O–H groups in total. The summed E-state index contributed by atoms with van der Waals surface area (Å²) in [6.07, 6.45) is 6.16. The summed E-state index contributed by atoms with van der Waals surface area (Å²) in [5.74, 6) is 3.68. The van der Waals surface area contributed by atoms with Crippen molar-refractivity contribution in [1.82, 2.24) is 9.36 Å². The van der Waals surface area contributed by atoms with E-state index in [1.807, 2.05) is 48.2 Å². The van der Waals surface area contributed by atoms with Gasteiger partial charge in [0.1, 0.15) is 10.8 Å². The zero-order valence-corrected chi connectivity index (χ0v) is 17.0. The Morgan fingerprint density at radius 2 is 2.24 bits per heavy atom. The summed E-state index contributed by atoms with van der Waals surface area (Å²) in [6.45, 7) is 2.86. The highest BCUT2D eigenvalue weighted by Crippen LogP contribution is 2.35. The SMILES string of the molecule is C#Cc1nsc(-c2ccc(C)c(NCC(=O)N3CCc4c(OC)cccc43)c2)n1. The molecule has 29 heavy (non-hydrogen) atoms. The van der Waals surface area contributed by atoms with Gasteiger partial charge in [-0.15, -0.1) is 6.42 Å². The number of hydrogen-bond donors (Lipinski definition) is 1. The standard InChI is InChI=1S/C22H20N4O2S/c1-4-20-24-22(29-25-20)15-9-8-14(2)17(12-15)23-13-21(27)26-11-10-16-18(26)6-5-7-19(16)28-3/h1,5-9,12,23H,10-11,13H2,2-3H3. The molecule has 0 saturated carbocycles. The molecule has 0 spiro atoms. The first kappa shape index (κ1) is 19.0. The van der Waals surface area contributed by atoms with Crippen LogP contribution in [0.5, 0.6) is 5.75 Å². The number of methoxy groups -OCH3 is 1. The lowest BCUT2D eigenvalue weighted by Gasteiger charge is -2.19. The molecule has 1 aliphatic heterocycles. The van der Waals surface area contributed by atoms with Crippen LogP contribution in [0.25, 0.3) is 10.6 Å². The van der Waals surface area contributed by atoms with Crippen LogP contribution in [0.2, 0.25) is 0 Å². The molecule has 7 heteroatoms. The molecule has 0 atom stereocenters. The molecular formula is C22H20N4O2S. The van der Waals surface area contributed by atoms with E-state index in [1.54, 1.807) is 7.11 Å². The molecule has 1 aliphatic rings. The molecule has 0 bridgehead atoms. The minimum Gasteiger partial charge on any atom is -0.496 e. The molecule has 0 aliphatic carbocycles. The Balaban J connectivity index is 1.49. The van der Waals surface area contributed by atoms with E-state index in [0.717, 1.165) is 45.2 Å². The van der Waals surface area contributed by atoms with Crippen molar-refractivity contribution in [3.63, 3.8) is 0 Å². The van der Waals surface area contributed by atoms with Crippen molar-refractivity contribution in [2.75, 3.05) is 30.4 Å². The van der Waals surface area contributed by atoms with E-state index >= 15 is 0 Å². The molecule has 0 unspecified atom stereocenters. The van der Waals surface area contributed by atoms with E-state index in [1.165, 1.54) is 11.5 Å². The predicted octanol–water partition coefficient (Wildman–Crippen LogP) is 3.50. The van der Waals surface area contributed by atoms with Crippen molar-refractivity contribution < 1.29 is 9.53 Å². The summed E-state index contributed by atoms with van der Waals surface area (Å²) in [7, 11) is 1.65. The van der Waals surface area contributed by atoms with Crippen LogP contribution in [0.4, 0.5) is 11.4 Å². The number of fused-ring (bicyclic) bond motifs is 1. The first-order valence-corrected chi connectivity index (χ1v) is 9.99. The second-order valence-corrected chi connectivity index (χ2v) is 7.46. The van der Waals surface area contributed by atoms with E-state index in [9.17, 15) is 4.79 Å². The largest absolute Gasteiger partial charge is 0.496 e. The van der Waals surface area contributed by atoms with Gasteiger partial charge in [-0.2, -0.15) is 4.37 Å². The Kier molecular flexibility index (Phi) is 5.19. The number of nitrogens with one attached hydrogen (secondary N) is 1. The molecule has 2 heterocycles. The molecular weight excluding hydrogens is 384 g/mol. The number of carbonyl (C=O) groups is 1. The maximum absolute atomic E-state index is 12.9. The van der Waals surface area contributed by atoms with Gasteiger partial charge in [0.05, 0.1) is 19.3 Å². The van der Waals surface area contributed by atoms with Gasteiger partial charge < -0.3 is 15.0 Å². The number of rotatable bonds is 5. The Hall–Kier alpha value is -3.37. The van der Waals surface area contributed by atoms with E-state index in [0.29, 0.717) is 12.4 Å². The van der Waals surface area contributed by atoms with Crippen LogP contribution in [0, 0.1) is 19.3 Å². The Morgan fingerprint density at radius 1 is 1.38 bits per heavy atom. The van der Waals surface area contributed by atoms with Crippen LogP contribution in [0.15, 0.2) is 36.4 Å². The number of aromatic nitrogens is 2. The van der Waals surface area contributed by atoms with Crippen molar-refractivity contribution >= 4 is 28.8 Å². The highest BCUT2D eigenvalue weighted by molar-refractivity contribution is 7.09. The smallest absolute Gasteiger partial charge is 0.246 e. The summed E-state index contributed by atoms with van der Waals surface area (Å²) >= 11 is 1.26. The number of terminal acetylenes is 1. The molecule has 3 aromatic rings. The van der Waals surface area contributed by atoms with Gasteiger partial charge in [0, 0.05) is 23.4 Å². The van der Waals surface area contributed by atoms with Crippen molar-refractivity contribution in [3.8, 4) is 28.7 Å². The number of ether oxygens (including phenoxy) is 1. The lowest BCUT2D eigenvalue weighted by molar-refractivity contribution is -0.116. The molecule has 1 aromatic heterocycles. The number of aryl methyl sites for hydroxylation is 1. The van der Waals surface area contributed by atoms with Gasteiger partial charge in [-0.05, 0) is 54.6 Å². The summed E-state index contributed by atoms with van der Waals surface area (Å²) in [5, 5.41) is 4.03. The third kappa shape index (κ3) is 3.67. The van der Waals surface area contributed by atoms with Crippen molar-refractivity contribution in [2.45, 2.75) is 13.3 Å². The van der Waals surface area contributed by atoms with Crippen LogP contribution in [0.1, 0.15) is 17.0 Å². The van der Waals surface area contributed by atoms with Gasteiger partial charge in [0.25, 0.3) is 0 Å². The summed E-state index contributed by atoms with van der Waals surface area (Å²) < 4.78 is 9.55. The average Bonchev–Trinajstić information content (AvgIpc) is 3.40. The van der Waals surface area contributed by atoms with Gasteiger partial charge >= 0.3 is 0 Å². The second kappa shape index (κ2) is 7.94. The quantitative estimate of drug-likeness (QED) is 0.659. The molecule has 1 amide bonds. The highest BCUT2D eigenvalue weighted by atomic mass is 32.1. The van der Waals surface area contributed by atoms with Gasteiger partial charge in [-0.3, -0.25) is 4.79 Å². The minimum absolute atomic E-state index is 0.0207. The molecule has 0 radical (unpaired) electrons. The van der Waals surface area contributed by atoms with Crippen LogP contribution < -0.4 is 15.0 Å². The van der Waals surface area contributed by atoms with Crippen molar-refractivity contribution in [2.24, 2.45) is 0 Å². The molecule has 0 fully saturated rings. The highest BCUT2D eigenvalue weighted by Gasteiger charge is 2.26. The monoisotopic (exact) mass is 404 g/mol. The molecule has 2 aromatic carbocycles. The maximum atomic E-state index is 12.9. The molecule has 0 saturated heterocycles. The Morgan fingerprint density at radius 3 is 3.00 bits per heavy atom. The number of carbonyl (C=O) groups excluding carboxylic acids is 1. The Labute approximate surface area is 173 Å². The normalized spacial score (nSPS) is 12.4. The van der Waals surface area contributed by atoms with Gasteiger partial charge in [-0.25, -0.2) is 4.98 Å². The molecule has 4 rings (SSSR count). The fourth-order valence-electron chi connectivity index (χ4n) is 3.46. The lowest BCUT2D eigenvalue weighted by atomic mass is 10.1. The van der Waals surface area contributed by atoms with E-state index < -0.39 is 0 Å². The fraction of sp³-hybridized carbons (Fsp3) is 0.227. The topological polar surface area (TPSA) is 67.4 Å². The number of nitrogens with zero attached hydrogens (tertiary/aromatic N) is 3. The van der Waals surface area contributed by atoms with Crippen molar-refractivity contribution in [3.05, 3.63) is 53.3 Å². The zero-order chi connectivity index (χ0) is 20.4. The van der Waals surface area contributed by atoms with E-state index in [4.69, 9.17) is 11.2 Å². The number of benzene rings is 2. The predicted molar refractivity (Wildman–Crippen MR) is 116 cm³/mol. The van der Waals surface area contributed by atoms with Crippen LogP contribution in [0.3, 0.4) is 0 Å². The van der Waals surface area contributed by atoms with Gasteiger partial charge in [-0.1, -0.05) is 18.2 Å². The number of anilines is 2. The van der Waals surface area contributed by atoms with Crippen LogP contribution in [-0.4, -0.2) is 35.5 Å². The van der Waals surface area contributed by atoms with E-state index in [2.05, 4.69) is 20.6 Å². The van der Waals surface area contributed by atoms with Crippen LogP contribution >= 0.6 is 11.5 Å². The summed E-state index contributed by atoms with van der Waals surface area (Å²) in [5.41, 5.74) is 4.87. The summed E-state index contributed by atoms with van der Waals surface area (Å²) in [6, 6.07) is 11.8. The Bertz CT molecular complexity index is 1120. The third-order valence-corrected chi connectivity index (χ3v) is 5.74. The third-order valence-electron chi connectivity index (χ3n) is 4.98. The van der Waals surface area contributed by atoms with Crippen molar-refractivity contribution in [1.29, 1.82) is 0 Å². The first-order chi connectivity index (χ1) is 14.1. The van der Waals surface area contributed by atoms with Gasteiger partial charge in [0.2, 0.25) is 11.7 Å². The average molecular weight is 404 g/mol. The van der Waals surface area contributed by atoms with Crippen LogP contribution in [-0.2, 0) is 11.2 Å². The fourth-order valence-corrected chi connectivity index (χ4v) is 4.09. The molecule has 6 nitrogen and oxygen atoms in total. The minimum atomic E-state index is 0.0207. The molecule has 146 valence electrons. The summed E-state index contributed by atoms with van der Waals surface area (Å²) in [4.78, 5) is 19.0. The second-order valence-electron chi connectivity index (χ2n) is 6.70. The van der Waals surface area contributed by atoms with Gasteiger partial charge in [0.15, 0.2) is 0 Å². The zero-order valence-electron chi connectivity index (χ0n) is 16.2. The lowest BCUT2D eigenvalue weighted by Crippen LogP contribution is -2.34. The number of amides is 1. The first-order valence-electron chi connectivity index (χ1n) is 9.22. The number of hydrogen-bond acceptors (Lipinski definition) is 6. The maximum Gasteiger partial charge on any atom is 0.246 e. The van der Waals surface area contributed by atoms with E-state index in [-0.39, 0.29) is 12.5 Å².